The Bertz CT molecular complexity index is 1750. The van der Waals surface area contributed by atoms with E-state index in [1.165, 1.54) is 26.0 Å². The van der Waals surface area contributed by atoms with Gasteiger partial charge in [0.05, 0.1) is 53.6 Å². The van der Waals surface area contributed by atoms with Gasteiger partial charge in [0, 0.05) is 23.1 Å². The van der Waals surface area contributed by atoms with E-state index in [4.69, 9.17) is 4.74 Å². The molecule has 6 aromatic rings. The molecular formula is C31H25N5O3S2. The van der Waals surface area contributed by atoms with Crippen LogP contribution >= 0.6 is 22.7 Å². The van der Waals surface area contributed by atoms with Crippen molar-refractivity contribution in [2.75, 3.05) is 13.2 Å². The number of aromatic nitrogens is 4. The molecule has 5 heterocycles. The molecule has 41 heavy (non-hydrogen) atoms. The zero-order chi connectivity index (χ0) is 27.8. The molecule has 4 aromatic heterocycles. The van der Waals surface area contributed by atoms with Crippen LogP contribution in [0.5, 0.6) is 0 Å². The summed E-state index contributed by atoms with van der Waals surface area (Å²) in [4.78, 5) is 29.9. The SMILES string of the molecule is O=C1c2cccc3cccc(c23)C(=O)N1CCOCc1cn(CCn2c(-c3cccs3)ccc2-c2cccs2)nn1. The third-order valence-electron chi connectivity index (χ3n) is 7.23. The number of hydrogen-bond acceptors (Lipinski definition) is 7. The standard InChI is InChI=1S/C31H25N5O3S2/c37-30-23-7-1-5-21-6-2-8-24(29(21)23)31(38)36(30)15-16-39-20-22-19-34(33-32-22)13-14-35-25(27-9-3-17-40-27)11-12-26(35)28-10-4-18-41-28/h1-12,17-19H,13-16,20H2. The maximum absolute atomic E-state index is 13.1. The van der Waals surface area contributed by atoms with Gasteiger partial charge in [0.2, 0.25) is 0 Å². The van der Waals surface area contributed by atoms with Crippen LogP contribution in [-0.4, -0.2) is 49.4 Å². The number of hydrogen-bond donors (Lipinski definition) is 0. The van der Waals surface area contributed by atoms with E-state index in [1.807, 2.05) is 35.1 Å². The molecule has 0 N–H and O–H groups in total. The molecule has 0 unspecified atom stereocenters. The van der Waals surface area contributed by atoms with Crippen molar-refractivity contribution >= 4 is 45.3 Å². The number of aryl methyl sites for hydroxylation is 1. The number of benzene rings is 2. The number of rotatable bonds is 10. The summed E-state index contributed by atoms with van der Waals surface area (Å²) in [6, 6.07) is 23.8. The fourth-order valence-electron chi connectivity index (χ4n) is 5.32. The first-order valence-corrected chi connectivity index (χ1v) is 15.1. The Morgan fingerprint density at radius 2 is 1.39 bits per heavy atom. The summed E-state index contributed by atoms with van der Waals surface area (Å²) >= 11 is 3.46. The van der Waals surface area contributed by atoms with E-state index in [-0.39, 0.29) is 31.6 Å². The molecule has 2 aromatic carbocycles. The Morgan fingerprint density at radius 3 is 2.00 bits per heavy atom. The predicted molar refractivity (Wildman–Crippen MR) is 160 cm³/mol. The van der Waals surface area contributed by atoms with Gasteiger partial charge in [-0.15, -0.1) is 27.8 Å². The first-order valence-electron chi connectivity index (χ1n) is 13.3. The smallest absolute Gasteiger partial charge is 0.261 e. The van der Waals surface area contributed by atoms with Crippen LogP contribution in [0.1, 0.15) is 26.4 Å². The average molecular weight is 580 g/mol. The van der Waals surface area contributed by atoms with Crippen LogP contribution in [0.25, 0.3) is 31.9 Å². The fraction of sp³-hybridized carbons (Fsp3) is 0.161. The molecule has 204 valence electrons. The van der Waals surface area contributed by atoms with Crippen LogP contribution in [0, 0.1) is 0 Å². The number of carbonyl (C=O) groups is 2. The maximum Gasteiger partial charge on any atom is 0.261 e. The van der Waals surface area contributed by atoms with Gasteiger partial charge in [0.1, 0.15) is 5.69 Å². The Morgan fingerprint density at radius 1 is 0.732 bits per heavy atom. The number of imide groups is 1. The highest BCUT2D eigenvalue weighted by Gasteiger charge is 2.32. The van der Waals surface area contributed by atoms with E-state index in [0.29, 0.717) is 23.4 Å². The molecule has 1 aliphatic rings. The summed E-state index contributed by atoms with van der Waals surface area (Å²) in [5.41, 5.74) is 4.17. The van der Waals surface area contributed by atoms with Crippen LogP contribution in [0.4, 0.5) is 0 Å². The van der Waals surface area contributed by atoms with Gasteiger partial charge < -0.3 is 9.30 Å². The third-order valence-corrected chi connectivity index (χ3v) is 9.02. The van der Waals surface area contributed by atoms with Crippen molar-refractivity contribution in [2.24, 2.45) is 0 Å². The minimum Gasteiger partial charge on any atom is -0.373 e. The number of thiophene rings is 2. The lowest BCUT2D eigenvalue weighted by atomic mass is 9.94. The maximum atomic E-state index is 13.1. The quantitative estimate of drug-likeness (QED) is 0.143. The van der Waals surface area contributed by atoms with Crippen molar-refractivity contribution in [3.8, 4) is 21.1 Å². The molecule has 0 aliphatic carbocycles. The Labute approximate surface area is 244 Å². The van der Waals surface area contributed by atoms with E-state index < -0.39 is 0 Å². The molecular weight excluding hydrogens is 555 g/mol. The van der Waals surface area contributed by atoms with E-state index in [9.17, 15) is 9.59 Å². The van der Waals surface area contributed by atoms with Crippen molar-refractivity contribution in [1.82, 2.24) is 24.5 Å². The van der Waals surface area contributed by atoms with Gasteiger partial charge in [0.15, 0.2) is 0 Å². The number of nitrogens with zero attached hydrogens (tertiary/aromatic N) is 5. The monoisotopic (exact) mass is 579 g/mol. The molecule has 1 aliphatic heterocycles. The summed E-state index contributed by atoms with van der Waals surface area (Å²) in [5, 5.41) is 14.4. The first-order chi connectivity index (χ1) is 20.2. The van der Waals surface area contributed by atoms with Gasteiger partial charge in [-0.3, -0.25) is 19.2 Å². The lowest BCUT2D eigenvalue weighted by molar-refractivity contribution is 0.0502. The van der Waals surface area contributed by atoms with Gasteiger partial charge in [-0.05, 0) is 52.5 Å². The van der Waals surface area contributed by atoms with Crippen LogP contribution in [0.15, 0.2) is 89.8 Å². The van der Waals surface area contributed by atoms with E-state index in [0.717, 1.165) is 17.3 Å². The van der Waals surface area contributed by atoms with Crippen molar-refractivity contribution in [3.63, 3.8) is 0 Å². The van der Waals surface area contributed by atoms with Gasteiger partial charge in [-0.25, -0.2) is 0 Å². The Balaban J connectivity index is 0.975. The van der Waals surface area contributed by atoms with Crippen LogP contribution < -0.4 is 0 Å². The molecule has 0 spiro atoms. The highest BCUT2D eigenvalue weighted by Crippen LogP contribution is 2.34. The van der Waals surface area contributed by atoms with Crippen LogP contribution in [0.2, 0.25) is 0 Å². The van der Waals surface area contributed by atoms with Crippen LogP contribution in [0.3, 0.4) is 0 Å². The summed E-state index contributed by atoms with van der Waals surface area (Å²) in [7, 11) is 0. The molecule has 10 heteroatoms. The van der Waals surface area contributed by atoms with E-state index >= 15 is 0 Å². The lowest BCUT2D eigenvalue weighted by Gasteiger charge is -2.27. The zero-order valence-corrected chi connectivity index (χ0v) is 23.6. The van der Waals surface area contributed by atoms with Crippen molar-refractivity contribution < 1.29 is 14.3 Å². The number of ether oxygens (including phenoxy) is 1. The van der Waals surface area contributed by atoms with Crippen LogP contribution in [-0.2, 0) is 24.4 Å². The van der Waals surface area contributed by atoms with Crippen molar-refractivity contribution in [2.45, 2.75) is 19.7 Å². The Hall–Kier alpha value is -4.38. The second-order valence-electron chi connectivity index (χ2n) is 9.71. The first kappa shape index (κ1) is 25.6. The largest absolute Gasteiger partial charge is 0.373 e. The summed E-state index contributed by atoms with van der Waals surface area (Å²) in [6.07, 6.45) is 1.88. The van der Waals surface area contributed by atoms with Gasteiger partial charge >= 0.3 is 0 Å². The molecule has 8 nitrogen and oxygen atoms in total. The molecule has 0 radical (unpaired) electrons. The molecule has 0 fully saturated rings. The fourth-order valence-corrected chi connectivity index (χ4v) is 6.84. The molecule has 7 rings (SSSR count). The number of carbonyl (C=O) groups excluding carboxylic acids is 2. The second kappa shape index (κ2) is 10.9. The molecule has 2 amide bonds. The normalized spacial score (nSPS) is 13.0. The molecule has 0 bridgehead atoms. The van der Waals surface area contributed by atoms with Gasteiger partial charge in [-0.2, -0.15) is 0 Å². The highest BCUT2D eigenvalue weighted by atomic mass is 32.1. The molecule has 0 atom stereocenters. The Kier molecular flexibility index (Phi) is 6.79. The van der Waals surface area contributed by atoms with E-state index in [2.05, 4.69) is 62.0 Å². The van der Waals surface area contributed by atoms with Gasteiger partial charge in [-0.1, -0.05) is 41.6 Å². The molecule has 0 saturated carbocycles. The molecule has 0 saturated heterocycles. The second-order valence-corrected chi connectivity index (χ2v) is 11.6. The average Bonchev–Trinajstić information content (AvgIpc) is 3.81. The number of amides is 2. The van der Waals surface area contributed by atoms with Crippen molar-refractivity contribution in [1.29, 1.82) is 0 Å². The third kappa shape index (κ3) is 4.80. The van der Waals surface area contributed by atoms with Gasteiger partial charge in [0.25, 0.3) is 11.8 Å². The van der Waals surface area contributed by atoms with E-state index in [1.54, 1.807) is 34.8 Å². The topological polar surface area (TPSA) is 82.2 Å². The minimum absolute atomic E-state index is 0.168. The predicted octanol–water partition coefficient (Wildman–Crippen LogP) is 6.20. The highest BCUT2D eigenvalue weighted by molar-refractivity contribution is 7.14. The van der Waals surface area contributed by atoms with Crippen molar-refractivity contribution in [3.05, 3.63) is 107 Å². The summed E-state index contributed by atoms with van der Waals surface area (Å²) < 4.78 is 9.97. The zero-order valence-electron chi connectivity index (χ0n) is 22.0. The minimum atomic E-state index is -0.289. The summed E-state index contributed by atoms with van der Waals surface area (Å²) in [6.45, 7) is 2.01. The summed E-state index contributed by atoms with van der Waals surface area (Å²) in [5.74, 6) is -0.578. The lowest BCUT2D eigenvalue weighted by Crippen LogP contribution is -2.42.